The Balaban J connectivity index is 0.000000774. The summed E-state index contributed by atoms with van der Waals surface area (Å²) in [7, 11) is 2.10. The third-order valence-electron chi connectivity index (χ3n) is 3.59. The van der Waals surface area contributed by atoms with Crippen molar-refractivity contribution in [2.24, 2.45) is 0 Å². The molecule has 0 bridgehead atoms. The predicted octanol–water partition coefficient (Wildman–Crippen LogP) is 1.95. The molecule has 1 aromatic heterocycles. The Bertz CT molecular complexity index is 441. The van der Waals surface area contributed by atoms with Crippen LogP contribution in [0.2, 0.25) is 0 Å². The van der Waals surface area contributed by atoms with Gasteiger partial charge in [0.1, 0.15) is 11.9 Å². The van der Waals surface area contributed by atoms with Gasteiger partial charge in [0.25, 0.3) is 0 Å². The molecule has 3 heterocycles. The molecule has 2 aliphatic rings. The monoisotopic (exact) mass is 293 g/mol. The summed E-state index contributed by atoms with van der Waals surface area (Å²) in [5.41, 5.74) is 1.19. The van der Waals surface area contributed by atoms with Crippen LogP contribution < -0.4 is 9.64 Å². The summed E-state index contributed by atoms with van der Waals surface area (Å²) >= 11 is 0. The first-order valence-electron chi connectivity index (χ1n) is 7.87. The van der Waals surface area contributed by atoms with Crippen molar-refractivity contribution in [3.63, 3.8) is 0 Å². The average Bonchev–Trinajstić information content (AvgIpc) is 2.48. The van der Waals surface area contributed by atoms with E-state index in [0.717, 1.165) is 51.1 Å². The summed E-state index contributed by atoms with van der Waals surface area (Å²) in [5, 5.41) is 0. The Kier molecular flexibility index (Phi) is 5.82. The molecule has 0 atom stereocenters. The number of nitrogens with zero attached hydrogens (tertiary/aromatic N) is 3. The molecule has 5 heteroatoms. The quantitative estimate of drug-likeness (QED) is 0.851. The molecule has 0 saturated carbocycles. The van der Waals surface area contributed by atoms with Crippen LogP contribution in [0.25, 0.3) is 0 Å². The highest BCUT2D eigenvalue weighted by atomic mass is 16.5. The molecule has 0 aliphatic carbocycles. The highest BCUT2D eigenvalue weighted by Crippen LogP contribution is 2.22. The maximum atomic E-state index is 5.92. The summed E-state index contributed by atoms with van der Waals surface area (Å²) in [4.78, 5) is 9.13. The fraction of sp³-hybridized carbons (Fsp3) is 0.688. The number of pyridine rings is 1. The molecule has 0 spiro atoms. The van der Waals surface area contributed by atoms with E-state index in [1.54, 1.807) is 0 Å². The molecule has 0 aromatic carbocycles. The van der Waals surface area contributed by atoms with Gasteiger partial charge in [-0.05, 0) is 25.6 Å². The van der Waals surface area contributed by atoms with E-state index in [1.807, 2.05) is 19.9 Å². The number of morpholine rings is 1. The van der Waals surface area contributed by atoms with E-state index in [1.165, 1.54) is 5.56 Å². The van der Waals surface area contributed by atoms with Crippen molar-refractivity contribution in [1.82, 2.24) is 9.88 Å². The normalized spacial score (nSPS) is 19.5. The summed E-state index contributed by atoms with van der Waals surface area (Å²) in [6.07, 6.45) is 0.289. The lowest BCUT2D eigenvalue weighted by atomic mass is 10.2. The lowest BCUT2D eigenvalue weighted by molar-refractivity contribution is 0.0355. The van der Waals surface area contributed by atoms with E-state index in [2.05, 4.69) is 34.8 Å². The Morgan fingerprint density at radius 1 is 1.19 bits per heavy atom. The summed E-state index contributed by atoms with van der Waals surface area (Å²) in [6, 6.07) is 4.13. The number of hydrogen-bond acceptors (Lipinski definition) is 5. The first-order valence-corrected chi connectivity index (χ1v) is 7.87. The van der Waals surface area contributed by atoms with Gasteiger partial charge in [0.15, 0.2) is 0 Å². The molecule has 3 rings (SSSR count). The van der Waals surface area contributed by atoms with Gasteiger partial charge in [-0.15, -0.1) is 0 Å². The van der Waals surface area contributed by atoms with Crippen LogP contribution in [0.4, 0.5) is 5.82 Å². The molecule has 118 valence electrons. The second kappa shape index (κ2) is 7.61. The minimum absolute atomic E-state index is 0.289. The minimum Gasteiger partial charge on any atom is -0.472 e. The Hall–Kier alpha value is -1.33. The number of aromatic nitrogens is 1. The second-order valence-electron chi connectivity index (χ2n) is 5.40. The van der Waals surface area contributed by atoms with Crippen LogP contribution in [0.3, 0.4) is 0 Å². The van der Waals surface area contributed by atoms with Crippen molar-refractivity contribution >= 4 is 5.82 Å². The van der Waals surface area contributed by atoms with Gasteiger partial charge in [-0.1, -0.05) is 13.8 Å². The first-order chi connectivity index (χ1) is 10.2. The fourth-order valence-electron chi connectivity index (χ4n) is 2.52. The van der Waals surface area contributed by atoms with E-state index < -0.39 is 0 Å². The third-order valence-corrected chi connectivity index (χ3v) is 3.59. The number of hydrogen-bond donors (Lipinski definition) is 0. The highest BCUT2D eigenvalue weighted by molar-refractivity contribution is 5.44. The Morgan fingerprint density at radius 2 is 1.86 bits per heavy atom. The minimum atomic E-state index is 0.289. The van der Waals surface area contributed by atoms with Crippen molar-refractivity contribution in [2.75, 3.05) is 51.3 Å². The topological polar surface area (TPSA) is 37.8 Å². The van der Waals surface area contributed by atoms with Crippen LogP contribution in [-0.4, -0.2) is 62.4 Å². The van der Waals surface area contributed by atoms with Gasteiger partial charge in [-0.3, -0.25) is 4.90 Å². The second-order valence-corrected chi connectivity index (χ2v) is 5.40. The molecule has 0 N–H and O–H groups in total. The lowest BCUT2D eigenvalue weighted by Crippen LogP contribution is -2.51. The molecule has 0 unspecified atom stereocenters. The zero-order chi connectivity index (χ0) is 15.2. The number of likely N-dealkylation sites (N-methyl/N-ethyl adjacent to an activating group) is 1. The van der Waals surface area contributed by atoms with Gasteiger partial charge in [-0.2, -0.15) is 4.98 Å². The van der Waals surface area contributed by atoms with Crippen LogP contribution in [0.1, 0.15) is 19.4 Å². The number of likely N-dealkylation sites (tertiary alicyclic amines) is 1. The SMILES string of the molecule is CC.Cc1cc(OC2CN(C)C2)nc(N2CCOCC2)c1. The lowest BCUT2D eigenvalue weighted by Gasteiger charge is -2.36. The molecule has 5 nitrogen and oxygen atoms in total. The molecule has 2 fully saturated rings. The van der Waals surface area contributed by atoms with Gasteiger partial charge < -0.3 is 14.4 Å². The van der Waals surface area contributed by atoms with Crippen molar-refractivity contribution < 1.29 is 9.47 Å². The van der Waals surface area contributed by atoms with E-state index >= 15 is 0 Å². The molecule has 0 amide bonds. The van der Waals surface area contributed by atoms with Crippen molar-refractivity contribution in [3.8, 4) is 5.88 Å². The maximum Gasteiger partial charge on any atom is 0.215 e. The number of ether oxygens (including phenoxy) is 2. The Morgan fingerprint density at radius 3 is 2.48 bits per heavy atom. The maximum absolute atomic E-state index is 5.92. The first kappa shape index (κ1) is 16.0. The van der Waals surface area contributed by atoms with Crippen LogP contribution in [0.5, 0.6) is 5.88 Å². The molecule has 0 radical (unpaired) electrons. The van der Waals surface area contributed by atoms with Gasteiger partial charge in [-0.25, -0.2) is 0 Å². The molecule has 21 heavy (non-hydrogen) atoms. The predicted molar refractivity (Wildman–Crippen MR) is 85.3 cm³/mol. The van der Waals surface area contributed by atoms with Crippen LogP contribution in [0.15, 0.2) is 12.1 Å². The average molecular weight is 293 g/mol. The standard InChI is InChI=1S/C14H21N3O2.C2H6/c1-11-7-13(17-3-5-18-6-4-17)15-14(8-11)19-12-9-16(2)10-12;1-2/h7-8,12H,3-6,9-10H2,1-2H3;1-2H3. The highest BCUT2D eigenvalue weighted by Gasteiger charge is 2.25. The summed E-state index contributed by atoms with van der Waals surface area (Å²) < 4.78 is 11.3. The van der Waals surface area contributed by atoms with Crippen LogP contribution in [-0.2, 0) is 4.74 Å². The van der Waals surface area contributed by atoms with Gasteiger partial charge in [0, 0.05) is 32.2 Å². The van der Waals surface area contributed by atoms with Gasteiger partial charge >= 0.3 is 0 Å². The van der Waals surface area contributed by atoms with E-state index in [-0.39, 0.29) is 6.10 Å². The molecular formula is C16H27N3O2. The number of rotatable bonds is 3. The zero-order valence-corrected chi connectivity index (χ0v) is 13.6. The third kappa shape index (κ3) is 4.32. The summed E-state index contributed by atoms with van der Waals surface area (Å²) in [6.45, 7) is 11.4. The summed E-state index contributed by atoms with van der Waals surface area (Å²) in [5.74, 6) is 1.76. The molecule has 2 aliphatic heterocycles. The Labute approximate surface area is 127 Å². The van der Waals surface area contributed by atoms with E-state index in [0.29, 0.717) is 0 Å². The van der Waals surface area contributed by atoms with Gasteiger partial charge in [0.05, 0.1) is 13.2 Å². The largest absolute Gasteiger partial charge is 0.472 e. The van der Waals surface area contributed by atoms with E-state index in [4.69, 9.17) is 9.47 Å². The fourth-order valence-corrected chi connectivity index (χ4v) is 2.52. The van der Waals surface area contributed by atoms with Crippen LogP contribution in [0, 0.1) is 6.92 Å². The van der Waals surface area contributed by atoms with E-state index in [9.17, 15) is 0 Å². The van der Waals surface area contributed by atoms with Crippen molar-refractivity contribution in [3.05, 3.63) is 17.7 Å². The molecular weight excluding hydrogens is 266 g/mol. The smallest absolute Gasteiger partial charge is 0.215 e. The van der Waals surface area contributed by atoms with Gasteiger partial charge in [0.2, 0.25) is 5.88 Å². The van der Waals surface area contributed by atoms with Crippen molar-refractivity contribution in [2.45, 2.75) is 26.9 Å². The van der Waals surface area contributed by atoms with Crippen LogP contribution >= 0.6 is 0 Å². The molecule has 1 aromatic rings. The van der Waals surface area contributed by atoms with Crippen molar-refractivity contribution in [1.29, 1.82) is 0 Å². The number of anilines is 1. The molecule has 2 saturated heterocycles. The zero-order valence-electron chi connectivity index (χ0n) is 13.6. The number of aryl methyl sites for hydroxylation is 1.